The Morgan fingerprint density at radius 1 is 0.950 bits per heavy atom. The second kappa shape index (κ2) is 6.43. The Hall–Kier alpha value is -1.30. The van der Waals surface area contributed by atoms with Crippen molar-refractivity contribution >= 4 is 25.5 Å². The van der Waals surface area contributed by atoms with Crippen LogP contribution >= 0.6 is 0 Å². The first-order valence-corrected chi connectivity index (χ1v) is 9.00. The van der Waals surface area contributed by atoms with Gasteiger partial charge in [-0.3, -0.25) is 0 Å². The zero-order valence-corrected chi connectivity index (χ0v) is 14.2. The van der Waals surface area contributed by atoms with Crippen molar-refractivity contribution in [1.29, 1.82) is 0 Å². The summed E-state index contributed by atoms with van der Waals surface area (Å²) in [4.78, 5) is 0. The predicted octanol–water partition coefficient (Wildman–Crippen LogP) is 4.16. The Bertz CT molecular complexity index is 556. The molecule has 0 N–H and O–H groups in total. The van der Waals surface area contributed by atoms with Gasteiger partial charge in [-0.1, -0.05) is 0 Å². The maximum atomic E-state index is 3.79. The summed E-state index contributed by atoms with van der Waals surface area (Å²) in [6, 6.07) is 17.8. The average molecular weight is 329 g/mol. The van der Waals surface area contributed by atoms with Crippen LogP contribution < -0.4 is 4.46 Å². The normalized spacial score (nSPS) is 11.3. The molecule has 0 saturated carbocycles. The van der Waals surface area contributed by atoms with E-state index in [2.05, 4.69) is 75.9 Å². The van der Waals surface area contributed by atoms with Crippen LogP contribution in [0.15, 0.2) is 55.1 Å². The molecule has 1 heteroatoms. The monoisotopic (exact) mass is 330 g/mol. The van der Waals surface area contributed by atoms with E-state index in [0.717, 1.165) is 5.32 Å². The van der Waals surface area contributed by atoms with E-state index >= 15 is 0 Å². The van der Waals surface area contributed by atoms with Crippen LogP contribution in [0, 0.1) is 0 Å². The van der Waals surface area contributed by atoms with E-state index in [4.69, 9.17) is 0 Å². The van der Waals surface area contributed by atoms with Gasteiger partial charge in [0, 0.05) is 0 Å². The van der Waals surface area contributed by atoms with Gasteiger partial charge in [-0.15, -0.1) is 0 Å². The second-order valence-corrected chi connectivity index (χ2v) is 8.21. The van der Waals surface area contributed by atoms with Crippen molar-refractivity contribution in [2.45, 2.75) is 31.5 Å². The van der Waals surface area contributed by atoms with Gasteiger partial charge in [0.05, 0.1) is 0 Å². The number of rotatable bonds is 4. The van der Waals surface area contributed by atoms with Gasteiger partial charge in [0.25, 0.3) is 0 Å². The van der Waals surface area contributed by atoms with Crippen LogP contribution in [-0.4, -0.2) is 15.0 Å². The standard InChI is InChI=1S/C19H22Se/c1-5-15-6-8-16(9-7-15)14-20-18-12-10-17(11-13-18)19(2,3)4/h5-13H,1,14H2,2-4H3. The van der Waals surface area contributed by atoms with Crippen LogP contribution in [-0.2, 0) is 10.7 Å². The summed E-state index contributed by atoms with van der Waals surface area (Å²) < 4.78 is 1.47. The van der Waals surface area contributed by atoms with Crippen LogP contribution in [0.25, 0.3) is 6.08 Å². The molecule has 0 aliphatic carbocycles. The Labute approximate surface area is 129 Å². The SMILES string of the molecule is C=Cc1ccc(C[Se]c2ccc(C(C)(C)C)cc2)cc1. The number of benzene rings is 2. The second-order valence-electron chi connectivity index (χ2n) is 6.01. The third-order valence-electron chi connectivity index (χ3n) is 3.34. The predicted molar refractivity (Wildman–Crippen MR) is 90.8 cm³/mol. The van der Waals surface area contributed by atoms with Crippen LogP contribution in [0.1, 0.15) is 37.5 Å². The van der Waals surface area contributed by atoms with E-state index in [1.165, 1.54) is 21.2 Å². The molecule has 0 fully saturated rings. The van der Waals surface area contributed by atoms with Crippen molar-refractivity contribution in [3.05, 3.63) is 71.8 Å². The van der Waals surface area contributed by atoms with Crippen LogP contribution in [0.3, 0.4) is 0 Å². The molecule has 0 heterocycles. The minimum absolute atomic E-state index is 0.242. The molecule has 2 aromatic rings. The van der Waals surface area contributed by atoms with Crippen molar-refractivity contribution in [2.75, 3.05) is 0 Å². The van der Waals surface area contributed by atoms with Gasteiger partial charge < -0.3 is 0 Å². The zero-order valence-electron chi connectivity index (χ0n) is 12.5. The van der Waals surface area contributed by atoms with Crippen LogP contribution in [0.2, 0.25) is 0 Å². The molecule has 0 nitrogen and oxygen atoms in total. The Kier molecular flexibility index (Phi) is 4.86. The molecule has 0 aliphatic rings. The van der Waals surface area contributed by atoms with Crippen molar-refractivity contribution in [3.63, 3.8) is 0 Å². The summed E-state index contributed by atoms with van der Waals surface area (Å²) in [6.45, 7) is 10.6. The summed E-state index contributed by atoms with van der Waals surface area (Å²) in [7, 11) is 0. The Balaban J connectivity index is 1.98. The summed E-state index contributed by atoms with van der Waals surface area (Å²) in [5.74, 6) is 0. The maximum absolute atomic E-state index is 3.79. The van der Waals surface area contributed by atoms with Crippen molar-refractivity contribution in [1.82, 2.24) is 0 Å². The molecule has 104 valence electrons. The van der Waals surface area contributed by atoms with Crippen LogP contribution in [0.4, 0.5) is 0 Å². The summed E-state index contributed by atoms with van der Waals surface area (Å²) in [5, 5.41) is 1.15. The fourth-order valence-electron chi connectivity index (χ4n) is 1.97. The van der Waals surface area contributed by atoms with E-state index in [1.807, 2.05) is 6.08 Å². The van der Waals surface area contributed by atoms with Gasteiger partial charge in [0.15, 0.2) is 0 Å². The molecule has 0 spiro atoms. The summed E-state index contributed by atoms with van der Waals surface area (Å²) >= 11 is 0.506. The van der Waals surface area contributed by atoms with Crippen LogP contribution in [0.5, 0.6) is 0 Å². The number of hydrogen-bond acceptors (Lipinski definition) is 0. The van der Waals surface area contributed by atoms with Gasteiger partial charge in [-0.05, 0) is 0 Å². The summed E-state index contributed by atoms with van der Waals surface area (Å²) in [5.41, 5.74) is 4.25. The molecule has 2 aromatic carbocycles. The van der Waals surface area contributed by atoms with E-state index in [0.29, 0.717) is 15.0 Å². The molecule has 20 heavy (non-hydrogen) atoms. The van der Waals surface area contributed by atoms with Gasteiger partial charge in [-0.25, -0.2) is 0 Å². The molecular weight excluding hydrogens is 307 g/mol. The zero-order chi connectivity index (χ0) is 14.6. The number of hydrogen-bond donors (Lipinski definition) is 0. The van der Waals surface area contributed by atoms with E-state index in [9.17, 15) is 0 Å². The molecule has 0 bridgehead atoms. The van der Waals surface area contributed by atoms with Crippen molar-refractivity contribution < 1.29 is 0 Å². The topological polar surface area (TPSA) is 0 Å². The molecular formula is C19H22Se. The quantitative estimate of drug-likeness (QED) is 0.739. The molecule has 2 rings (SSSR count). The van der Waals surface area contributed by atoms with E-state index < -0.39 is 0 Å². The van der Waals surface area contributed by atoms with Gasteiger partial charge in [0.1, 0.15) is 0 Å². The van der Waals surface area contributed by atoms with Gasteiger partial charge in [0.2, 0.25) is 0 Å². The summed E-state index contributed by atoms with van der Waals surface area (Å²) in [6.07, 6.45) is 1.89. The van der Waals surface area contributed by atoms with E-state index in [1.54, 1.807) is 0 Å². The molecule has 0 aromatic heterocycles. The fraction of sp³-hybridized carbons (Fsp3) is 0.263. The molecule has 0 aliphatic heterocycles. The molecule has 0 atom stereocenters. The van der Waals surface area contributed by atoms with E-state index in [-0.39, 0.29) is 5.41 Å². The first-order chi connectivity index (χ1) is 9.49. The third-order valence-corrected chi connectivity index (χ3v) is 5.61. The van der Waals surface area contributed by atoms with Gasteiger partial charge >= 0.3 is 129 Å². The first kappa shape index (κ1) is 15.1. The molecule has 0 unspecified atom stereocenters. The fourth-order valence-corrected chi connectivity index (χ4v) is 3.76. The van der Waals surface area contributed by atoms with Crippen molar-refractivity contribution in [3.8, 4) is 0 Å². The minimum atomic E-state index is 0.242. The average Bonchev–Trinajstić information content (AvgIpc) is 2.45. The first-order valence-electron chi connectivity index (χ1n) is 6.94. The third kappa shape index (κ3) is 4.10. The Morgan fingerprint density at radius 3 is 2.05 bits per heavy atom. The molecule has 0 amide bonds. The Morgan fingerprint density at radius 2 is 1.55 bits per heavy atom. The van der Waals surface area contributed by atoms with Crippen molar-refractivity contribution in [2.24, 2.45) is 0 Å². The van der Waals surface area contributed by atoms with Gasteiger partial charge in [-0.2, -0.15) is 0 Å². The molecule has 0 radical (unpaired) electrons. The molecule has 0 saturated heterocycles.